The van der Waals surface area contributed by atoms with E-state index in [0.717, 1.165) is 5.56 Å². The van der Waals surface area contributed by atoms with Gasteiger partial charge in [-0.2, -0.15) is 0 Å². The van der Waals surface area contributed by atoms with Gasteiger partial charge in [0.15, 0.2) is 12.4 Å². The number of carbonyl (C=O) groups is 3. The number of Topliss-reactive ketones (excluding diaryl/α,β-unsaturated/α-hetero) is 1. The molecular formula is C22H25NO5. The summed E-state index contributed by atoms with van der Waals surface area (Å²) in [6.45, 7) is 5.58. The highest BCUT2D eigenvalue weighted by Gasteiger charge is 2.15. The van der Waals surface area contributed by atoms with Gasteiger partial charge in [-0.25, -0.2) is 0 Å². The van der Waals surface area contributed by atoms with Crippen LogP contribution in [0.2, 0.25) is 0 Å². The van der Waals surface area contributed by atoms with E-state index in [0.29, 0.717) is 16.9 Å². The second kappa shape index (κ2) is 9.17. The third kappa shape index (κ3) is 5.94. The van der Waals surface area contributed by atoms with E-state index >= 15 is 0 Å². The summed E-state index contributed by atoms with van der Waals surface area (Å²) in [5.74, 6) is -0.759. The Hall–Kier alpha value is -3.15. The number of methoxy groups -OCH3 is 1. The second-order valence-electron chi connectivity index (χ2n) is 7.32. The molecule has 1 N–H and O–H groups in total. The Labute approximate surface area is 164 Å². The molecule has 0 atom stereocenters. The van der Waals surface area contributed by atoms with Crippen LogP contribution in [0.5, 0.6) is 5.75 Å². The van der Waals surface area contributed by atoms with Crippen molar-refractivity contribution in [3.05, 3.63) is 65.2 Å². The van der Waals surface area contributed by atoms with Crippen LogP contribution < -0.4 is 10.1 Å². The van der Waals surface area contributed by atoms with Crippen LogP contribution in [0.1, 0.15) is 47.1 Å². The molecule has 0 spiro atoms. The molecule has 0 aliphatic rings. The number of esters is 1. The molecule has 0 fully saturated rings. The van der Waals surface area contributed by atoms with Gasteiger partial charge in [0.1, 0.15) is 12.3 Å². The van der Waals surface area contributed by atoms with Gasteiger partial charge in [-0.05, 0) is 35.2 Å². The minimum Gasteiger partial charge on any atom is -0.497 e. The van der Waals surface area contributed by atoms with Gasteiger partial charge in [0.25, 0.3) is 5.91 Å². The number of ketones is 1. The van der Waals surface area contributed by atoms with Crippen LogP contribution in [-0.2, 0) is 14.9 Å². The largest absolute Gasteiger partial charge is 0.497 e. The van der Waals surface area contributed by atoms with Crippen LogP contribution >= 0.6 is 0 Å². The number of benzene rings is 2. The van der Waals surface area contributed by atoms with Crippen LogP contribution in [0.4, 0.5) is 0 Å². The van der Waals surface area contributed by atoms with Crippen LogP contribution in [0.3, 0.4) is 0 Å². The molecule has 2 aromatic carbocycles. The molecule has 0 unspecified atom stereocenters. The quantitative estimate of drug-likeness (QED) is 0.587. The van der Waals surface area contributed by atoms with Gasteiger partial charge in [0.2, 0.25) is 0 Å². The van der Waals surface area contributed by atoms with Crippen LogP contribution in [0.25, 0.3) is 0 Å². The molecule has 6 heteroatoms. The Balaban J connectivity index is 1.79. The summed E-state index contributed by atoms with van der Waals surface area (Å²) in [7, 11) is 1.53. The van der Waals surface area contributed by atoms with Crippen molar-refractivity contribution in [1.29, 1.82) is 0 Å². The van der Waals surface area contributed by atoms with Crippen molar-refractivity contribution in [3.63, 3.8) is 0 Å². The summed E-state index contributed by atoms with van der Waals surface area (Å²) in [5.41, 5.74) is 1.98. The van der Waals surface area contributed by atoms with Crippen molar-refractivity contribution in [1.82, 2.24) is 5.32 Å². The molecule has 0 saturated carbocycles. The zero-order valence-corrected chi connectivity index (χ0v) is 16.6. The average Bonchev–Trinajstić information content (AvgIpc) is 2.69. The molecule has 6 nitrogen and oxygen atoms in total. The monoisotopic (exact) mass is 383 g/mol. The van der Waals surface area contributed by atoms with Gasteiger partial charge < -0.3 is 14.8 Å². The van der Waals surface area contributed by atoms with Gasteiger partial charge in [-0.15, -0.1) is 0 Å². The molecular weight excluding hydrogens is 358 g/mol. The predicted octanol–water partition coefficient (Wildman–Crippen LogP) is 3.15. The zero-order valence-electron chi connectivity index (χ0n) is 16.6. The van der Waals surface area contributed by atoms with Crippen LogP contribution in [0, 0.1) is 0 Å². The van der Waals surface area contributed by atoms with E-state index in [2.05, 4.69) is 26.1 Å². The summed E-state index contributed by atoms with van der Waals surface area (Å²) in [4.78, 5) is 35.9. The van der Waals surface area contributed by atoms with Crippen LogP contribution in [0.15, 0.2) is 48.5 Å². The summed E-state index contributed by atoms with van der Waals surface area (Å²) < 4.78 is 9.98. The number of ether oxygens (including phenoxy) is 2. The average molecular weight is 383 g/mol. The lowest BCUT2D eigenvalue weighted by molar-refractivity contribution is -0.141. The first-order chi connectivity index (χ1) is 13.2. The number of carbonyl (C=O) groups excluding carboxylic acids is 3. The van der Waals surface area contributed by atoms with Gasteiger partial charge in [-0.1, -0.05) is 45.0 Å². The standard InChI is InChI=1S/C22H25NO5/c1-22(2,3)17-9-5-15(6-10-17)19(24)14-28-20(25)13-23-21(26)16-7-11-18(27-4)12-8-16/h5-12H,13-14H2,1-4H3,(H,23,26). The number of hydrogen-bond donors (Lipinski definition) is 1. The normalized spacial score (nSPS) is 10.9. The maximum atomic E-state index is 12.2. The van der Waals surface area contributed by atoms with Crippen molar-refractivity contribution < 1.29 is 23.9 Å². The second-order valence-corrected chi connectivity index (χ2v) is 7.32. The molecule has 0 aromatic heterocycles. The maximum absolute atomic E-state index is 12.2. The van der Waals surface area contributed by atoms with Gasteiger partial charge in [0, 0.05) is 11.1 Å². The fourth-order valence-electron chi connectivity index (χ4n) is 2.43. The first kappa shape index (κ1) is 21.2. The highest BCUT2D eigenvalue weighted by Crippen LogP contribution is 2.22. The van der Waals surface area contributed by atoms with E-state index in [9.17, 15) is 14.4 Å². The van der Waals surface area contributed by atoms with E-state index in [1.54, 1.807) is 36.4 Å². The molecule has 0 aliphatic carbocycles. The molecule has 0 saturated heterocycles. The van der Waals surface area contributed by atoms with E-state index < -0.39 is 11.9 Å². The number of rotatable bonds is 7. The highest BCUT2D eigenvalue weighted by molar-refractivity contribution is 5.98. The fourth-order valence-corrected chi connectivity index (χ4v) is 2.43. The molecule has 2 rings (SSSR count). The Morgan fingerprint density at radius 3 is 2.00 bits per heavy atom. The molecule has 0 heterocycles. The number of nitrogens with one attached hydrogen (secondary N) is 1. The van der Waals surface area contributed by atoms with E-state index in [1.165, 1.54) is 7.11 Å². The number of amides is 1. The number of hydrogen-bond acceptors (Lipinski definition) is 5. The topological polar surface area (TPSA) is 81.7 Å². The van der Waals surface area contributed by atoms with Crippen molar-refractivity contribution >= 4 is 17.7 Å². The predicted molar refractivity (Wildman–Crippen MR) is 106 cm³/mol. The van der Waals surface area contributed by atoms with Gasteiger partial charge in [-0.3, -0.25) is 14.4 Å². The van der Waals surface area contributed by atoms with E-state index in [4.69, 9.17) is 9.47 Å². The maximum Gasteiger partial charge on any atom is 0.325 e. The first-order valence-corrected chi connectivity index (χ1v) is 8.92. The summed E-state index contributed by atoms with van der Waals surface area (Å²) in [5, 5.41) is 2.46. The molecule has 0 radical (unpaired) electrons. The smallest absolute Gasteiger partial charge is 0.325 e. The summed E-state index contributed by atoms with van der Waals surface area (Å²) in [6.07, 6.45) is 0. The van der Waals surface area contributed by atoms with Gasteiger partial charge >= 0.3 is 5.97 Å². The third-order valence-corrected chi connectivity index (χ3v) is 4.18. The van der Waals surface area contributed by atoms with Crippen molar-refractivity contribution in [2.45, 2.75) is 26.2 Å². The third-order valence-electron chi connectivity index (χ3n) is 4.18. The Bertz CT molecular complexity index is 833. The lowest BCUT2D eigenvalue weighted by atomic mass is 9.86. The summed E-state index contributed by atoms with van der Waals surface area (Å²) in [6, 6.07) is 13.7. The minimum atomic E-state index is -0.679. The first-order valence-electron chi connectivity index (χ1n) is 8.92. The van der Waals surface area contributed by atoms with E-state index in [1.807, 2.05) is 12.1 Å². The Morgan fingerprint density at radius 1 is 0.893 bits per heavy atom. The van der Waals surface area contributed by atoms with Crippen molar-refractivity contribution in [3.8, 4) is 5.75 Å². The molecule has 148 valence electrons. The molecule has 2 aromatic rings. The zero-order chi connectivity index (χ0) is 20.7. The van der Waals surface area contributed by atoms with Gasteiger partial charge in [0.05, 0.1) is 7.11 Å². The lowest BCUT2D eigenvalue weighted by Crippen LogP contribution is -2.31. The summed E-state index contributed by atoms with van der Waals surface area (Å²) >= 11 is 0. The molecule has 0 aliphatic heterocycles. The van der Waals surface area contributed by atoms with Crippen molar-refractivity contribution in [2.75, 3.05) is 20.3 Å². The highest BCUT2D eigenvalue weighted by atomic mass is 16.5. The van der Waals surface area contributed by atoms with E-state index in [-0.39, 0.29) is 24.3 Å². The fraction of sp³-hybridized carbons (Fsp3) is 0.318. The van der Waals surface area contributed by atoms with Crippen LogP contribution in [-0.4, -0.2) is 37.9 Å². The Morgan fingerprint density at radius 2 is 1.46 bits per heavy atom. The molecule has 1 amide bonds. The Kier molecular flexibility index (Phi) is 6.93. The minimum absolute atomic E-state index is 0.00383. The van der Waals surface area contributed by atoms with Crippen molar-refractivity contribution in [2.24, 2.45) is 0 Å². The SMILES string of the molecule is COc1ccc(C(=O)NCC(=O)OCC(=O)c2ccc(C(C)(C)C)cc2)cc1. The molecule has 0 bridgehead atoms. The molecule has 28 heavy (non-hydrogen) atoms. The lowest BCUT2D eigenvalue weighted by Gasteiger charge is -2.18.